The lowest BCUT2D eigenvalue weighted by Gasteiger charge is -2.37. The van der Waals surface area contributed by atoms with E-state index in [1.807, 2.05) is 4.90 Å². The van der Waals surface area contributed by atoms with Gasteiger partial charge >= 0.3 is 0 Å². The highest BCUT2D eigenvalue weighted by atomic mass is 19.1. The Morgan fingerprint density at radius 3 is 2.39 bits per heavy atom. The first-order valence-corrected chi connectivity index (χ1v) is 10.1. The number of nitrogens with zero attached hydrogens (tertiary/aromatic N) is 3. The third kappa shape index (κ3) is 4.88. The first-order chi connectivity index (χ1) is 13.5. The number of ketones is 1. The predicted octanol–water partition coefficient (Wildman–Crippen LogP) is 2.47. The van der Waals surface area contributed by atoms with E-state index in [4.69, 9.17) is 0 Å². The number of Topliss-reactive ketones (excluding diaryl/α,β-unsaturated/α-hetero) is 1. The zero-order valence-corrected chi connectivity index (χ0v) is 16.5. The van der Waals surface area contributed by atoms with E-state index in [9.17, 15) is 18.8 Å². The van der Waals surface area contributed by atoms with Crippen LogP contribution in [0.4, 0.5) is 10.1 Å². The molecule has 0 N–H and O–H groups in total. The maximum Gasteiger partial charge on any atom is 0.242 e. The van der Waals surface area contributed by atoms with Crippen molar-refractivity contribution in [3.8, 4) is 0 Å². The molecule has 0 radical (unpaired) electrons. The highest BCUT2D eigenvalue weighted by Crippen LogP contribution is 2.22. The second kappa shape index (κ2) is 9.17. The lowest BCUT2D eigenvalue weighted by Crippen LogP contribution is -2.52. The molecule has 2 aliphatic heterocycles. The summed E-state index contributed by atoms with van der Waals surface area (Å²) in [5.41, 5.74) is 0.809. The lowest BCUT2D eigenvalue weighted by atomic mass is 10.1. The number of rotatable bonds is 4. The summed E-state index contributed by atoms with van der Waals surface area (Å²) in [7, 11) is 0. The number of anilines is 1. The van der Waals surface area contributed by atoms with E-state index in [2.05, 4.69) is 0 Å². The lowest BCUT2D eigenvalue weighted by molar-refractivity contribution is -0.141. The molecule has 2 amide bonds. The van der Waals surface area contributed by atoms with Crippen LogP contribution in [-0.2, 0) is 9.59 Å². The molecule has 152 valence electrons. The van der Waals surface area contributed by atoms with Gasteiger partial charge in [0.2, 0.25) is 11.8 Å². The van der Waals surface area contributed by atoms with Gasteiger partial charge < -0.3 is 14.7 Å². The van der Waals surface area contributed by atoms with E-state index < -0.39 is 5.82 Å². The van der Waals surface area contributed by atoms with Crippen molar-refractivity contribution in [2.75, 3.05) is 44.2 Å². The van der Waals surface area contributed by atoms with Crippen molar-refractivity contribution in [2.45, 2.75) is 39.0 Å². The van der Waals surface area contributed by atoms with Crippen LogP contribution >= 0.6 is 0 Å². The Morgan fingerprint density at radius 2 is 1.71 bits per heavy atom. The van der Waals surface area contributed by atoms with Crippen molar-refractivity contribution >= 4 is 23.3 Å². The summed E-state index contributed by atoms with van der Waals surface area (Å²) >= 11 is 0. The van der Waals surface area contributed by atoms with Gasteiger partial charge in [0, 0.05) is 44.7 Å². The first-order valence-electron chi connectivity index (χ1n) is 10.1. The normalized spacial score (nSPS) is 18.6. The van der Waals surface area contributed by atoms with Gasteiger partial charge in [0.05, 0.1) is 12.2 Å². The molecule has 2 saturated heterocycles. The number of carbonyl (C=O) groups is 3. The molecule has 0 atom stereocenters. The summed E-state index contributed by atoms with van der Waals surface area (Å²) in [6, 6.07) is 4.52. The van der Waals surface area contributed by atoms with E-state index >= 15 is 0 Å². The van der Waals surface area contributed by atoms with Gasteiger partial charge in [-0.25, -0.2) is 4.39 Å². The zero-order valence-electron chi connectivity index (χ0n) is 16.5. The van der Waals surface area contributed by atoms with Crippen LogP contribution in [0.25, 0.3) is 0 Å². The molecule has 1 aromatic carbocycles. The van der Waals surface area contributed by atoms with Crippen LogP contribution in [-0.4, -0.2) is 66.7 Å². The van der Waals surface area contributed by atoms with Crippen LogP contribution in [0.3, 0.4) is 0 Å². The summed E-state index contributed by atoms with van der Waals surface area (Å²) in [4.78, 5) is 41.6. The van der Waals surface area contributed by atoms with Crippen LogP contribution in [0.15, 0.2) is 18.2 Å². The van der Waals surface area contributed by atoms with Crippen molar-refractivity contribution in [1.82, 2.24) is 9.80 Å². The molecule has 0 unspecified atom stereocenters. The number of amides is 2. The molecule has 0 aliphatic carbocycles. The number of piperazine rings is 1. The minimum atomic E-state index is -0.418. The van der Waals surface area contributed by atoms with Crippen LogP contribution < -0.4 is 4.90 Å². The van der Waals surface area contributed by atoms with E-state index in [1.165, 1.54) is 13.0 Å². The van der Waals surface area contributed by atoms with Gasteiger partial charge in [-0.1, -0.05) is 12.8 Å². The van der Waals surface area contributed by atoms with E-state index in [1.54, 1.807) is 21.9 Å². The quantitative estimate of drug-likeness (QED) is 0.743. The second-order valence-electron chi connectivity index (χ2n) is 7.57. The second-order valence-corrected chi connectivity index (χ2v) is 7.57. The molecular weight excluding hydrogens is 361 g/mol. The minimum absolute atomic E-state index is 0.0408. The zero-order chi connectivity index (χ0) is 20.1. The van der Waals surface area contributed by atoms with Crippen LogP contribution in [0.2, 0.25) is 0 Å². The first kappa shape index (κ1) is 20.3. The Balaban J connectivity index is 1.55. The molecular formula is C21H28FN3O3. The van der Waals surface area contributed by atoms with Gasteiger partial charge in [-0.2, -0.15) is 0 Å². The van der Waals surface area contributed by atoms with Gasteiger partial charge in [0.25, 0.3) is 0 Å². The van der Waals surface area contributed by atoms with Crippen molar-refractivity contribution in [2.24, 2.45) is 0 Å². The molecule has 2 heterocycles. The number of likely N-dealkylation sites (tertiary alicyclic amines) is 1. The summed E-state index contributed by atoms with van der Waals surface area (Å²) in [6.45, 7) is 4.24. The van der Waals surface area contributed by atoms with Crippen LogP contribution in [0.1, 0.15) is 49.4 Å². The molecule has 2 aliphatic rings. The summed E-state index contributed by atoms with van der Waals surface area (Å²) in [6.07, 6.45) is 4.55. The van der Waals surface area contributed by atoms with Crippen LogP contribution in [0.5, 0.6) is 0 Å². The van der Waals surface area contributed by atoms with Crippen molar-refractivity contribution in [3.63, 3.8) is 0 Å². The monoisotopic (exact) mass is 389 g/mol. The van der Waals surface area contributed by atoms with Gasteiger partial charge in [-0.15, -0.1) is 0 Å². The molecule has 0 bridgehead atoms. The highest BCUT2D eigenvalue weighted by molar-refractivity contribution is 5.94. The van der Waals surface area contributed by atoms with Gasteiger partial charge in [0.15, 0.2) is 5.78 Å². The molecule has 2 fully saturated rings. The average molecular weight is 389 g/mol. The summed E-state index contributed by atoms with van der Waals surface area (Å²) < 4.78 is 14.4. The fourth-order valence-electron chi connectivity index (χ4n) is 3.82. The molecule has 3 rings (SSSR count). The molecule has 1 aromatic rings. The minimum Gasteiger partial charge on any atom is -0.366 e. The summed E-state index contributed by atoms with van der Waals surface area (Å²) in [5, 5.41) is 0. The van der Waals surface area contributed by atoms with Gasteiger partial charge in [0.1, 0.15) is 5.82 Å². The Hall–Kier alpha value is -2.44. The molecule has 7 heteroatoms. The number of carbonyl (C=O) groups excluding carboxylic acids is 3. The third-order valence-corrected chi connectivity index (χ3v) is 5.57. The highest BCUT2D eigenvalue weighted by Gasteiger charge is 2.26. The molecule has 0 saturated carbocycles. The maximum absolute atomic E-state index is 14.4. The predicted molar refractivity (Wildman–Crippen MR) is 105 cm³/mol. The van der Waals surface area contributed by atoms with E-state index in [0.29, 0.717) is 50.4 Å². The Kier molecular flexibility index (Phi) is 6.65. The number of hydrogen-bond donors (Lipinski definition) is 0. The molecule has 0 spiro atoms. The smallest absolute Gasteiger partial charge is 0.242 e. The van der Waals surface area contributed by atoms with E-state index in [0.717, 1.165) is 25.7 Å². The van der Waals surface area contributed by atoms with Gasteiger partial charge in [-0.05, 0) is 38.0 Å². The fraction of sp³-hybridized carbons (Fsp3) is 0.571. The fourth-order valence-corrected chi connectivity index (χ4v) is 3.82. The Bertz CT molecular complexity index is 744. The number of benzene rings is 1. The SMILES string of the molecule is CC(=O)c1ccc(N2CCN(C(=O)CN3CCCCCCC3=O)CC2)c(F)c1. The molecule has 6 nitrogen and oxygen atoms in total. The van der Waals surface area contributed by atoms with Crippen LogP contribution in [0, 0.1) is 5.82 Å². The third-order valence-electron chi connectivity index (χ3n) is 5.57. The largest absolute Gasteiger partial charge is 0.366 e. The summed E-state index contributed by atoms with van der Waals surface area (Å²) in [5.74, 6) is -0.557. The van der Waals surface area contributed by atoms with Gasteiger partial charge in [-0.3, -0.25) is 14.4 Å². The van der Waals surface area contributed by atoms with Crippen molar-refractivity contribution in [1.29, 1.82) is 0 Å². The topological polar surface area (TPSA) is 60.9 Å². The Labute approximate surface area is 165 Å². The Morgan fingerprint density at radius 1 is 1.00 bits per heavy atom. The standard InChI is InChI=1S/C21H28FN3O3/c1-16(26)17-7-8-19(18(22)14-17)23-10-12-24(13-11-23)21(28)15-25-9-5-3-2-4-6-20(25)27/h7-8,14H,2-6,9-13,15H2,1H3. The molecule has 0 aromatic heterocycles. The average Bonchev–Trinajstić information content (AvgIpc) is 2.67. The number of halogens is 1. The number of hydrogen-bond acceptors (Lipinski definition) is 4. The maximum atomic E-state index is 14.4. The van der Waals surface area contributed by atoms with Crippen molar-refractivity contribution < 1.29 is 18.8 Å². The molecule has 28 heavy (non-hydrogen) atoms. The van der Waals surface area contributed by atoms with E-state index in [-0.39, 0.29) is 24.1 Å². The van der Waals surface area contributed by atoms with Crippen molar-refractivity contribution in [3.05, 3.63) is 29.6 Å².